The van der Waals surface area contributed by atoms with E-state index in [9.17, 15) is 8.78 Å². The molecular weight excluding hydrogens is 210 g/mol. The summed E-state index contributed by atoms with van der Waals surface area (Å²) < 4.78 is 24.9. The molecule has 0 saturated carbocycles. The van der Waals surface area contributed by atoms with Crippen LogP contribution in [0.15, 0.2) is 36.7 Å². The second-order valence-corrected chi connectivity index (χ2v) is 3.49. The van der Waals surface area contributed by atoms with E-state index in [-0.39, 0.29) is 5.69 Å². The minimum absolute atomic E-state index is 0.221. The lowest BCUT2D eigenvalue weighted by molar-refractivity contribution is 0.146. The smallest absolute Gasteiger partial charge is 0.256 e. The summed E-state index contributed by atoms with van der Waals surface area (Å²) in [6, 6.07) is 6.75. The normalized spacial score (nSPS) is 10.8. The standard InChI is InChI=1S/C12H10F2N2/c1-8-2-4-15-10(6-8)9-3-5-16-11(7-9)12(13)14/h2-7,12H,1H3. The molecule has 4 heteroatoms. The predicted octanol–water partition coefficient (Wildman–Crippen LogP) is 3.39. The molecule has 2 aromatic rings. The molecule has 0 radical (unpaired) electrons. The van der Waals surface area contributed by atoms with Gasteiger partial charge in [0, 0.05) is 18.0 Å². The van der Waals surface area contributed by atoms with Crippen molar-refractivity contribution in [2.45, 2.75) is 13.3 Å². The van der Waals surface area contributed by atoms with Gasteiger partial charge in [0.25, 0.3) is 6.43 Å². The molecule has 0 atom stereocenters. The maximum Gasteiger partial charge on any atom is 0.280 e. The Morgan fingerprint density at radius 2 is 1.81 bits per heavy atom. The topological polar surface area (TPSA) is 25.8 Å². The lowest BCUT2D eigenvalue weighted by Gasteiger charge is -2.04. The Morgan fingerprint density at radius 1 is 1.06 bits per heavy atom. The monoisotopic (exact) mass is 220 g/mol. The second-order valence-electron chi connectivity index (χ2n) is 3.49. The maximum atomic E-state index is 12.5. The van der Waals surface area contributed by atoms with E-state index in [1.807, 2.05) is 19.1 Å². The molecule has 0 N–H and O–H groups in total. The molecule has 2 aromatic heterocycles. The number of halogens is 2. The summed E-state index contributed by atoms with van der Waals surface area (Å²) in [7, 11) is 0. The molecule has 2 rings (SSSR count). The van der Waals surface area contributed by atoms with Crippen molar-refractivity contribution < 1.29 is 8.78 Å². The molecule has 2 nitrogen and oxygen atoms in total. The van der Waals surface area contributed by atoms with Crippen LogP contribution in [-0.2, 0) is 0 Å². The Labute approximate surface area is 92.0 Å². The fraction of sp³-hybridized carbons (Fsp3) is 0.167. The number of hydrogen-bond donors (Lipinski definition) is 0. The van der Waals surface area contributed by atoms with E-state index in [0.29, 0.717) is 11.3 Å². The van der Waals surface area contributed by atoms with Crippen molar-refractivity contribution in [1.29, 1.82) is 0 Å². The molecule has 0 fully saturated rings. The van der Waals surface area contributed by atoms with Crippen LogP contribution in [-0.4, -0.2) is 9.97 Å². The molecule has 2 heterocycles. The molecule has 0 aliphatic rings. The van der Waals surface area contributed by atoms with E-state index in [0.717, 1.165) is 5.56 Å². The van der Waals surface area contributed by atoms with Crippen molar-refractivity contribution in [3.8, 4) is 11.3 Å². The summed E-state index contributed by atoms with van der Waals surface area (Å²) in [6.45, 7) is 1.93. The SMILES string of the molecule is Cc1ccnc(-c2ccnc(C(F)F)c2)c1. The van der Waals surface area contributed by atoms with Gasteiger partial charge in [-0.15, -0.1) is 0 Å². The van der Waals surface area contributed by atoms with E-state index in [2.05, 4.69) is 9.97 Å². The Balaban J connectivity index is 2.44. The van der Waals surface area contributed by atoms with Crippen LogP contribution in [0.2, 0.25) is 0 Å². The van der Waals surface area contributed by atoms with Gasteiger partial charge in [-0.05, 0) is 36.8 Å². The van der Waals surface area contributed by atoms with Crippen molar-refractivity contribution in [1.82, 2.24) is 9.97 Å². The zero-order valence-corrected chi connectivity index (χ0v) is 8.69. The summed E-state index contributed by atoms with van der Waals surface area (Å²) in [4.78, 5) is 7.75. The maximum absolute atomic E-state index is 12.5. The van der Waals surface area contributed by atoms with Crippen LogP contribution in [0, 0.1) is 6.92 Å². The Kier molecular flexibility index (Phi) is 2.90. The average Bonchev–Trinajstić information content (AvgIpc) is 2.29. The highest BCUT2D eigenvalue weighted by Crippen LogP contribution is 2.22. The van der Waals surface area contributed by atoms with Crippen molar-refractivity contribution in [2.24, 2.45) is 0 Å². The molecule has 0 aliphatic carbocycles. The van der Waals surface area contributed by atoms with Crippen LogP contribution in [0.5, 0.6) is 0 Å². The minimum atomic E-state index is -2.55. The lowest BCUT2D eigenvalue weighted by Crippen LogP contribution is -1.91. The summed E-state index contributed by atoms with van der Waals surface area (Å²) >= 11 is 0. The first kappa shape index (κ1) is 10.7. The van der Waals surface area contributed by atoms with Gasteiger partial charge in [-0.3, -0.25) is 9.97 Å². The van der Waals surface area contributed by atoms with E-state index >= 15 is 0 Å². The number of nitrogens with zero attached hydrogens (tertiary/aromatic N) is 2. The third-order valence-corrected chi connectivity index (χ3v) is 2.22. The minimum Gasteiger partial charge on any atom is -0.256 e. The van der Waals surface area contributed by atoms with Gasteiger partial charge < -0.3 is 0 Å². The Morgan fingerprint density at radius 3 is 2.50 bits per heavy atom. The van der Waals surface area contributed by atoms with Crippen LogP contribution in [0.4, 0.5) is 8.78 Å². The van der Waals surface area contributed by atoms with E-state index in [1.165, 1.54) is 12.3 Å². The van der Waals surface area contributed by atoms with Gasteiger partial charge in [0.05, 0.1) is 5.69 Å². The number of aromatic nitrogens is 2. The zero-order valence-electron chi connectivity index (χ0n) is 8.69. The number of alkyl halides is 2. The fourth-order valence-electron chi connectivity index (χ4n) is 1.42. The first-order valence-corrected chi connectivity index (χ1v) is 4.84. The Bertz CT molecular complexity index is 498. The van der Waals surface area contributed by atoms with Crippen LogP contribution in [0.3, 0.4) is 0 Å². The third-order valence-electron chi connectivity index (χ3n) is 2.22. The number of pyridine rings is 2. The van der Waals surface area contributed by atoms with Crippen LogP contribution >= 0.6 is 0 Å². The molecule has 0 aliphatic heterocycles. The van der Waals surface area contributed by atoms with Gasteiger partial charge in [0.2, 0.25) is 0 Å². The fourth-order valence-corrected chi connectivity index (χ4v) is 1.42. The van der Waals surface area contributed by atoms with E-state index in [1.54, 1.807) is 12.3 Å². The molecule has 0 amide bonds. The summed E-state index contributed by atoms with van der Waals surface area (Å²) in [6.07, 6.45) is 0.485. The summed E-state index contributed by atoms with van der Waals surface area (Å²) in [5, 5.41) is 0. The highest BCUT2D eigenvalue weighted by molar-refractivity contribution is 5.59. The van der Waals surface area contributed by atoms with Crippen molar-refractivity contribution in [3.63, 3.8) is 0 Å². The zero-order chi connectivity index (χ0) is 11.5. The van der Waals surface area contributed by atoms with E-state index in [4.69, 9.17) is 0 Å². The number of rotatable bonds is 2. The first-order chi connectivity index (χ1) is 7.66. The van der Waals surface area contributed by atoms with Crippen molar-refractivity contribution >= 4 is 0 Å². The third kappa shape index (κ3) is 2.21. The van der Waals surface area contributed by atoms with Gasteiger partial charge in [-0.25, -0.2) is 8.78 Å². The number of hydrogen-bond acceptors (Lipinski definition) is 2. The average molecular weight is 220 g/mol. The molecular formula is C12H10F2N2. The Hall–Kier alpha value is -1.84. The van der Waals surface area contributed by atoms with Gasteiger partial charge in [-0.1, -0.05) is 0 Å². The first-order valence-electron chi connectivity index (χ1n) is 4.84. The molecule has 0 bridgehead atoms. The van der Waals surface area contributed by atoms with Gasteiger partial charge >= 0.3 is 0 Å². The van der Waals surface area contributed by atoms with E-state index < -0.39 is 6.43 Å². The largest absolute Gasteiger partial charge is 0.280 e. The molecule has 16 heavy (non-hydrogen) atoms. The molecule has 0 unspecified atom stereocenters. The summed E-state index contributed by atoms with van der Waals surface area (Å²) in [5.41, 5.74) is 2.17. The summed E-state index contributed by atoms with van der Waals surface area (Å²) in [5.74, 6) is 0. The van der Waals surface area contributed by atoms with Crippen molar-refractivity contribution in [3.05, 3.63) is 47.9 Å². The van der Waals surface area contributed by atoms with Crippen molar-refractivity contribution in [2.75, 3.05) is 0 Å². The second kappa shape index (κ2) is 4.35. The lowest BCUT2D eigenvalue weighted by atomic mass is 10.1. The van der Waals surface area contributed by atoms with Crippen LogP contribution in [0.1, 0.15) is 17.7 Å². The quantitative estimate of drug-likeness (QED) is 0.775. The molecule has 0 aromatic carbocycles. The van der Waals surface area contributed by atoms with Gasteiger partial charge in [-0.2, -0.15) is 0 Å². The predicted molar refractivity (Wildman–Crippen MR) is 57.2 cm³/mol. The van der Waals surface area contributed by atoms with Crippen LogP contribution < -0.4 is 0 Å². The van der Waals surface area contributed by atoms with Gasteiger partial charge in [0.1, 0.15) is 5.69 Å². The molecule has 82 valence electrons. The molecule has 0 saturated heterocycles. The molecule has 0 spiro atoms. The van der Waals surface area contributed by atoms with Crippen LogP contribution in [0.25, 0.3) is 11.3 Å². The highest BCUT2D eigenvalue weighted by atomic mass is 19.3. The van der Waals surface area contributed by atoms with Gasteiger partial charge in [0.15, 0.2) is 0 Å². The highest BCUT2D eigenvalue weighted by Gasteiger charge is 2.10. The number of aryl methyl sites for hydroxylation is 1.